The number of likely N-dealkylation sites (tertiary alicyclic amines) is 1. The fourth-order valence-corrected chi connectivity index (χ4v) is 3.70. The smallest absolute Gasteiger partial charge is 0.165 e. The Hall–Kier alpha value is -1.68. The number of hydrogen-bond acceptors (Lipinski definition) is 3. The van der Waals surface area contributed by atoms with Crippen LogP contribution in [0.4, 0.5) is 0 Å². The van der Waals surface area contributed by atoms with Crippen LogP contribution >= 0.6 is 0 Å². The number of rotatable bonds is 3. The zero-order valence-electron chi connectivity index (χ0n) is 14.6. The van der Waals surface area contributed by atoms with Gasteiger partial charge in [-0.15, -0.1) is 0 Å². The second-order valence-corrected chi connectivity index (χ2v) is 8.25. The van der Waals surface area contributed by atoms with Crippen LogP contribution in [0.5, 0.6) is 0 Å². The quantitative estimate of drug-likeness (QED) is 0.873. The number of nitrogens with zero attached hydrogens (tertiary/aromatic N) is 4. The lowest BCUT2D eigenvalue weighted by Gasteiger charge is -2.19. The first-order chi connectivity index (χ1) is 10.9. The van der Waals surface area contributed by atoms with Gasteiger partial charge in [-0.25, -0.2) is 9.67 Å². The predicted molar refractivity (Wildman–Crippen MR) is 92.0 cm³/mol. The molecule has 0 amide bonds. The molecule has 2 heterocycles. The van der Waals surface area contributed by atoms with Gasteiger partial charge in [0.2, 0.25) is 0 Å². The molecule has 0 spiro atoms. The Bertz CT molecular complexity index is 698. The van der Waals surface area contributed by atoms with Crippen molar-refractivity contribution >= 4 is 0 Å². The van der Waals surface area contributed by atoms with Crippen LogP contribution in [0.25, 0.3) is 11.4 Å². The molecule has 0 N–H and O–H groups in total. The third-order valence-electron chi connectivity index (χ3n) is 5.24. The van der Waals surface area contributed by atoms with Gasteiger partial charge >= 0.3 is 0 Å². The van der Waals surface area contributed by atoms with E-state index in [1.165, 1.54) is 25.1 Å². The number of benzene rings is 1. The van der Waals surface area contributed by atoms with Gasteiger partial charge in [-0.2, -0.15) is 5.10 Å². The maximum Gasteiger partial charge on any atom is 0.165 e. The van der Waals surface area contributed by atoms with Gasteiger partial charge < -0.3 is 0 Å². The minimum absolute atomic E-state index is 0.181. The van der Waals surface area contributed by atoms with E-state index in [-0.39, 0.29) is 5.41 Å². The zero-order valence-corrected chi connectivity index (χ0v) is 14.6. The SMILES string of the molecule is Cn1nc(CN2CC3CC3C2)nc1-c1ccc(C(C)(C)C)cc1. The van der Waals surface area contributed by atoms with Crippen LogP contribution in [-0.4, -0.2) is 32.8 Å². The molecule has 4 nitrogen and oxygen atoms in total. The summed E-state index contributed by atoms with van der Waals surface area (Å²) in [5.74, 6) is 3.83. The van der Waals surface area contributed by atoms with Crippen molar-refractivity contribution in [3.05, 3.63) is 35.7 Å². The minimum atomic E-state index is 0.181. The van der Waals surface area contributed by atoms with E-state index in [1.54, 1.807) is 0 Å². The van der Waals surface area contributed by atoms with Crippen LogP contribution in [0.2, 0.25) is 0 Å². The molecule has 122 valence electrons. The Morgan fingerprint density at radius 1 is 1.09 bits per heavy atom. The molecular formula is C19H26N4. The highest BCUT2D eigenvalue weighted by Gasteiger charge is 2.45. The standard InChI is InChI=1S/C19H26N4/c1-19(2,3)16-7-5-13(6-8-16)18-20-17(21-22(18)4)12-23-10-14-9-15(14)11-23/h5-8,14-15H,9-12H2,1-4H3. The van der Waals surface area contributed by atoms with E-state index < -0.39 is 0 Å². The second kappa shape index (κ2) is 5.17. The van der Waals surface area contributed by atoms with Gasteiger partial charge in [0, 0.05) is 25.7 Å². The topological polar surface area (TPSA) is 34.0 Å². The van der Waals surface area contributed by atoms with Crippen LogP contribution in [-0.2, 0) is 19.0 Å². The molecule has 1 aromatic carbocycles. The van der Waals surface area contributed by atoms with E-state index in [4.69, 9.17) is 4.98 Å². The average molecular weight is 310 g/mol. The summed E-state index contributed by atoms with van der Waals surface area (Å²) in [5.41, 5.74) is 2.67. The van der Waals surface area contributed by atoms with Gasteiger partial charge in [0.25, 0.3) is 0 Å². The third kappa shape index (κ3) is 2.92. The highest BCUT2D eigenvalue weighted by atomic mass is 15.3. The summed E-state index contributed by atoms with van der Waals surface area (Å²) < 4.78 is 1.91. The molecule has 0 radical (unpaired) electrons. The monoisotopic (exact) mass is 310 g/mol. The summed E-state index contributed by atoms with van der Waals surface area (Å²) in [6.45, 7) is 10.1. The summed E-state index contributed by atoms with van der Waals surface area (Å²) in [6.07, 6.45) is 1.44. The highest BCUT2D eigenvalue weighted by molar-refractivity contribution is 5.56. The predicted octanol–water partition coefficient (Wildman–Crippen LogP) is 3.23. The lowest BCUT2D eigenvalue weighted by Crippen LogP contribution is -2.22. The number of aromatic nitrogens is 3. The summed E-state index contributed by atoms with van der Waals surface area (Å²) in [6, 6.07) is 8.74. The van der Waals surface area contributed by atoms with Crippen LogP contribution in [0.15, 0.2) is 24.3 Å². The summed E-state index contributed by atoms with van der Waals surface area (Å²) >= 11 is 0. The molecule has 2 atom stereocenters. The van der Waals surface area contributed by atoms with E-state index in [2.05, 4.69) is 55.0 Å². The van der Waals surface area contributed by atoms with Crippen molar-refractivity contribution in [1.82, 2.24) is 19.7 Å². The van der Waals surface area contributed by atoms with Crippen LogP contribution in [0, 0.1) is 11.8 Å². The van der Waals surface area contributed by atoms with Crippen LogP contribution < -0.4 is 0 Å². The highest BCUT2D eigenvalue weighted by Crippen LogP contribution is 2.45. The normalized spacial score (nSPS) is 24.0. The average Bonchev–Trinajstić information content (AvgIpc) is 2.93. The molecule has 2 fully saturated rings. The Kier molecular flexibility index (Phi) is 3.34. The van der Waals surface area contributed by atoms with Gasteiger partial charge in [0.05, 0.1) is 6.54 Å². The van der Waals surface area contributed by atoms with Crippen molar-refractivity contribution in [1.29, 1.82) is 0 Å². The number of piperidine rings is 1. The minimum Gasteiger partial charge on any atom is -0.295 e. The molecule has 1 aliphatic carbocycles. The molecule has 2 aromatic rings. The Balaban J connectivity index is 1.52. The largest absolute Gasteiger partial charge is 0.295 e. The van der Waals surface area contributed by atoms with Crippen molar-refractivity contribution in [3.8, 4) is 11.4 Å². The first-order valence-electron chi connectivity index (χ1n) is 8.63. The lowest BCUT2D eigenvalue weighted by atomic mass is 9.87. The zero-order chi connectivity index (χ0) is 16.2. The fraction of sp³-hybridized carbons (Fsp3) is 0.579. The molecule has 2 unspecified atom stereocenters. The summed E-state index contributed by atoms with van der Waals surface area (Å²) in [5, 5.41) is 4.63. The summed E-state index contributed by atoms with van der Waals surface area (Å²) in [4.78, 5) is 7.29. The van der Waals surface area contributed by atoms with Gasteiger partial charge in [-0.1, -0.05) is 45.0 Å². The molecule has 2 aliphatic rings. The molecule has 1 saturated heterocycles. The Labute approximate surface area is 138 Å². The molecule has 23 heavy (non-hydrogen) atoms. The molecule has 1 aromatic heterocycles. The van der Waals surface area contributed by atoms with E-state index in [9.17, 15) is 0 Å². The molecular weight excluding hydrogens is 284 g/mol. The third-order valence-corrected chi connectivity index (χ3v) is 5.24. The fourth-order valence-electron chi connectivity index (χ4n) is 3.70. The molecule has 4 heteroatoms. The molecule has 1 saturated carbocycles. The van der Waals surface area contributed by atoms with Crippen molar-refractivity contribution in [2.45, 2.75) is 39.2 Å². The van der Waals surface area contributed by atoms with E-state index in [1.807, 2.05) is 11.7 Å². The van der Waals surface area contributed by atoms with Gasteiger partial charge in [-0.3, -0.25) is 4.90 Å². The maximum absolute atomic E-state index is 4.79. The first kappa shape index (κ1) is 14.9. The Morgan fingerprint density at radius 3 is 2.35 bits per heavy atom. The van der Waals surface area contributed by atoms with Gasteiger partial charge in [0.1, 0.15) is 0 Å². The van der Waals surface area contributed by atoms with Gasteiger partial charge in [0.15, 0.2) is 11.6 Å². The van der Waals surface area contributed by atoms with E-state index in [0.29, 0.717) is 0 Å². The number of hydrogen-bond donors (Lipinski definition) is 0. The van der Waals surface area contributed by atoms with Crippen molar-refractivity contribution in [3.63, 3.8) is 0 Å². The molecule has 0 bridgehead atoms. The van der Waals surface area contributed by atoms with E-state index in [0.717, 1.165) is 35.6 Å². The van der Waals surface area contributed by atoms with Crippen LogP contribution in [0.3, 0.4) is 0 Å². The second-order valence-electron chi connectivity index (χ2n) is 8.25. The van der Waals surface area contributed by atoms with Crippen LogP contribution in [0.1, 0.15) is 38.6 Å². The van der Waals surface area contributed by atoms with E-state index >= 15 is 0 Å². The maximum atomic E-state index is 4.79. The molecule has 1 aliphatic heterocycles. The van der Waals surface area contributed by atoms with Crippen molar-refractivity contribution < 1.29 is 0 Å². The first-order valence-corrected chi connectivity index (χ1v) is 8.63. The number of aryl methyl sites for hydroxylation is 1. The number of fused-ring (bicyclic) bond motifs is 1. The molecule has 4 rings (SSSR count). The van der Waals surface area contributed by atoms with Crippen molar-refractivity contribution in [2.24, 2.45) is 18.9 Å². The lowest BCUT2D eigenvalue weighted by molar-refractivity contribution is 0.289. The van der Waals surface area contributed by atoms with Gasteiger partial charge in [-0.05, 0) is 29.2 Å². The Morgan fingerprint density at radius 2 is 1.74 bits per heavy atom. The summed E-state index contributed by atoms with van der Waals surface area (Å²) in [7, 11) is 1.99. The van der Waals surface area contributed by atoms with Crippen molar-refractivity contribution in [2.75, 3.05) is 13.1 Å².